The molecule has 0 saturated carbocycles. The molecule has 0 fully saturated rings. The molecule has 0 aliphatic heterocycles. The molecule has 0 heterocycles. The van der Waals surface area contributed by atoms with Crippen LogP contribution in [-0.4, -0.2) is 65.6 Å². The maximum absolute atomic E-state index is 12.6. The van der Waals surface area contributed by atoms with E-state index in [4.69, 9.17) is 14.9 Å². The van der Waals surface area contributed by atoms with Crippen molar-refractivity contribution in [2.75, 3.05) is 20.7 Å². The average Bonchev–Trinajstić information content (AvgIpc) is 2.75. The van der Waals surface area contributed by atoms with Crippen molar-refractivity contribution in [2.24, 2.45) is 10.3 Å². The Morgan fingerprint density at radius 2 is 1.53 bits per heavy atom. The highest BCUT2D eigenvalue weighted by atomic mass is 16.5. The number of aliphatic carboxylic acids is 2. The summed E-state index contributed by atoms with van der Waals surface area (Å²) in [5, 5.41) is 29.1. The summed E-state index contributed by atoms with van der Waals surface area (Å²) in [5.41, 5.74) is 1.46. The zero-order chi connectivity index (χ0) is 23.7. The third-order valence-electron chi connectivity index (χ3n) is 3.97. The first-order valence-corrected chi connectivity index (χ1v) is 9.36. The summed E-state index contributed by atoms with van der Waals surface area (Å²) in [6, 6.07) is 11.1. The molecule has 2 rings (SSSR count). The molecule has 2 aromatic rings. The lowest BCUT2D eigenvalue weighted by atomic mass is 10.0. The molecule has 11 heteroatoms. The Bertz CT molecular complexity index is 1000. The summed E-state index contributed by atoms with van der Waals surface area (Å²) < 4.78 is 5.27. The number of amides is 1. The molecule has 0 aliphatic rings. The molecular weight excluding hydrogens is 420 g/mol. The smallest absolute Gasteiger partial charge is 0.326 e. The Balaban J connectivity index is 1.93. The van der Waals surface area contributed by atoms with Crippen LogP contribution >= 0.6 is 0 Å². The predicted molar refractivity (Wildman–Crippen MR) is 112 cm³/mol. The van der Waals surface area contributed by atoms with Gasteiger partial charge < -0.3 is 20.3 Å². The van der Waals surface area contributed by atoms with Gasteiger partial charge in [0.25, 0.3) is 5.91 Å². The van der Waals surface area contributed by atoms with Crippen molar-refractivity contribution in [3.8, 4) is 5.75 Å². The second-order valence-corrected chi connectivity index (χ2v) is 6.78. The minimum absolute atomic E-state index is 0.219. The fourth-order valence-electron chi connectivity index (χ4n) is 2.45. The van der Waals surface area contributed by atoms with Gasteiger partial charge in [-0.25, -0.2) is 4.79 Å². The van der Waals surface area contributed by atoms with Gasteiger partial charge in [0.05, 0.1) is 12.1 Å². The number of carboxylic acids is 2. The zero-order valence-corrected chi connectivity index (χ0v) is 17.4. The summed E-state index contributed by atoms with van der Waals surface area (Å²) in [6.07, 6.45) is -0.753. The molecule has 1 amide bonds. The molecule has 1 atom stereocenters. The van der Waals surface area contributed by atoms with E-state index in [1.54, 1.807) is 43.4 Å². The van der Waals surface area contributed by atoms with Gasteiger partial charge in [-0.2, -0.15) is 0 Å². The van der Waals surface area contributed by atoms with Crippen LogP contribution in [0.5, 0.6) is 5.75 Å². The molecule has 0 radical (unpaired) electrons. The van der Waals surface area contributed by atoms with Gasteiger partial charge in [0.1, 0.15) is 11.8 Å². The van der Waals surface area contributed by atoms with Crippen LogP contribution in [0.1, 0.15) is 22.3 Å². The van der Waals surface area contributed by atoms with Gasteiger partial charge in [0, 0.05) is 25.2 Å². The number of nitrogens with one attached hydrogen (secondary N) is 1. The monoisotopic (exact) mass is 442 g/mol. The van der Waals surface area contributed by atoms with Gasteiger partial charge >= 0.3 is 11.9 Å². The molecule has 0 aromatic heterocycles. The molecule has 0 saturated heterocycles. The number of nitrogens with zero attached hydrogens (tertiary/aromatic N) is 3. The summed E-state index contributed by atoms with van der Waals surface area (Å²) in [7, 11) is 3.49. The molecule has 3 N–H and O–H groups in total. The molecule has 0 spiro atoms. The number of ketones is 1. The Kier molecular flexibility index (Phi) is 8.40. The van der Waals surface area contributed by atoms with Crippen LogP contribution in [0.15, 0.2) is 58.9 Å². The van der Waals surface area contributed by atoms with E-state index in [9.17, 15) is 19.2 Å². The van der Waals surface area contributed by atoms with Crippen LogP contribution < -0.4 is 10.1 Å². The zero-order valence-electron chi connectivity index (χ0n) is 17.4. The van der Waals surface area contributed by atoms with Gasteiger partial charge in [-0.15, -0.1) is 5.11 Å². The van der Waals surface area contributed by atoms with Crippen LogP contribution in [0.2, 0.25) is 0 Å². The standard InChI is InChI=1S/C21H22N4O7/c1-25(2)24-23-15-7-3-13(4-8-15)20(29)14-5-9-16(10-6-14)32-12-18(26)22-17(21(30)31)11-19(27)28/h3-10,17H,11-12H2,1-2H3,(H,22,26)(H,27,28)(H,30,31)/b24-23+. The molecule has 0 aliphatic carbocycles. The van der Waals surface area contributed by atoms with E-state index in [1.807, 2.05) is 0 Å². The minimum atomic E-state index is -1.56. The van der Waals surface area contributed by atoms with Crippen molar-refractivity contribution < 1.29 is 34.1 Å². The van der Waals surface area contributed by atoms with E-state index in [1.165, 1.54) is 24.3 Å². The number of carboxylic acid groups (broad SMARTS) is 2. The largest absolute Gasteiger partial charge is 0.484 e. The van der Waals surface area contributed by atoms with Gasteiger partial charge in [-0.05, 0) is 48.5 Å². The van der Waals surface area contributed by atoms with E-state index < -0.39 is 36.9 Å². The van der Waals surface area contributed by atoms with Gasteiger partial charge in [0.2, 0.25) is 0 Å². The third-order valence-corrected chi connectivity index (χ3v) is 3.97. The van der Waals surface area contributed by atoms with E-state index in [2.05, 4.69) is 15.7 Å². The average molecular weight is 442 g/mol. The van der Waals surface area contributed by atoms with Crippen LogP contribution in [0.3, 0.4) is 0 Å². The van der Waals surface area contributed by atoms with Crippen molar-refractivity contribution in [1.82, 2.24) is 10.3 Å². The first-order valence-electron chi connectivity index (χ1n) is 9.36. The highest BCUT2D eigenvalue weighted by molar-refractivity contribution is 6.09. The highest BCUT2D eigenvalue weighted by Crippen LogP contribution is 2.18. The van der Waals surface area contributed by atoms with Crippen LogP contribution in [0.4, 0.5) is 5.69 Å². The highest BCUT2D eigenvalue weighted by Gasteiger charge is 2.23. The second kappa shape index (κ2) is 11.2. The number of benzene rings is 2. The predicted octanol–water partition coefficient (Wildman–Crippen LogP) is 1.90. The van der Waals surface area contributed by atoms with Gasteiger partial charge in [-0.3, -0.25) is 19.4 Å². The van der Waals surface area contributed by atoms with Crippen LogP contribution in [0, 0.1) is 0 Å². The molecule has 2 aromatic carbocycles. The van der Waals surface area contributed by atoms with Crippen LogP contribution in [0.25, 0.3) is 0 Å². The Hall–Kier alpha value is -4.28. The lowest BCUT2D eigenvalue weighted by Crippen LogP contribution is -2.44. The fourth-order valence-corrected chi connectivity index (χ4v) is 2.45. The van der Waals surface area contributed by atoms with E-state index >= 15 is 0 Å². The van der Waals surface area contributed by atoms with Crippen molar-refractivity contribution in [3.05, 3.63) is 59.7 Å². The maximum atomic E-state index is 12.6. The molecule has 1 unspecified atom stereocenters. The maximum Gasteiger partial charge on any atom is 0.326 e. The summed E-state index contributed by atoms with van der Waals surface area (Å²) in [5.74, 6) is -3.54. The number of hydrogen-bond acceptors (Lipinski definition) is 7. The molecule has 0 bridgehead atoms. The summed E-state index contributed by atoms with van der Waals surface area (Å²) in [4.78, 5) is 46.1. The normalized spacial score (nSPS) is 11.6. The van der Waals surface area contributed by atoms with Gasteiger partial charge in [0.15, 0.2) is 12.4 Å². The number of hydrogen-bond donors (Lipinski definition) is 3. The van der Waals surface area contributed by atoms with Crippen molar-refractivity contribution >= 4 is 29.3 Å². The molecule has 168 valence electrons. The Morgan fingerprint density at radius 1 is 0.969 bits per heavy atom. The topological polar surface area (TPSA) is 158 Å². The van der Waals surface area contributed by atoms with Crippen molar-refractivity contribution in [2.45, 2.75) is 12.5 Å². The Labute approximate surface area is 183 Å². The SMILES string of the molecule is CN(C)/N=N/c1ccc(C(=O)c2ccc(OCC(=O)NC(CC(=O)O)C(=O)O)cc2)cc1. The van der Waals surface area contributed by atoms with Crippen LogP contribution in [-0.2, 0) is 14.4 Å². The van der Waals surface area contributed by atoms with Crippen molar-refractivity contribution in [1.29, 1.82) is 0 Å². The molecular formula is C21H22N4O7. The lowest BCUT2D eigenvalue weighted by Gasteiger charge is -2.13. The third kappa shape index (κ3) is 7.52. The minimum Gasteiger partial charge on any atom is -0.484 e. The summed E-state index contributed by atoms with van der Waals surface area (Å²) >= 11 is 0. The molecule has 11 nitrogen and oxygen atoms in total. The summed E-state index contributed by atoms with van der Waals surface area (Å²) in [6.45, 7) is -0.514. The Morgan fingerprint density at radius 3 is 2.03 bits per heavy atom. The number of rotatable bonds is 11. The van der Waals surface area contributed by atoms with Crippen molar-refractivity contribution in [3.63, 3.8) is 0 Å². The molecule has 32 heavy (non-hydrogen) atoms. The van der Waals surface area contributed by atoms with Gasteiger partial charge in [-0.1, -0.05) is 5.22 Å². The van der Waals surface area contributed by atoms with E-state index in [0.717, 1.165) is 0 Å². The number of carbonyl (C=O) groups is 4. The lowest BCUT2D eigenvalue weighted by molar-refractivity contribution is -0.147. The second-order valence-electron chi connectivity index (χ2n) is 6.78. The van der Waals surface area contributed by atoms with E-state index in [-0.39, 0.29) is 11.5 Å². The first-order chi connectivity index (χ1) is 15.2. The quantitative estimate of drug-likeness (QED) is 0.270. The first kappa shape index (κ1) is 24.0. The number of carbonyl (C=O) groups excluding carboxylic acids is 2. The fraction of sp³-hybridized carbons (Fsp3) is 0.238. The van der Waals surface area contributed by atoms with E-state index in [0.29, 0.717) is 16.8 Å². The number of ether oxygens (including phenoxy) is 1.